The Kier molecular flexibility index (Phi) is 14.7. The smallest absolute Gasteiger partial charge is 0.399 e. The zero-order chi connectivity index (χ0) is 59.8. The molecule has 6 saturated heterocycles. The van der Waals surface area contributed by atoms with Crippen LogP contribution in [0.4, 0.5) is 5.69 Å². The molecule has 15 nitrogen and oxygen atoms in total. The molecule has 16 rings (SSSR count). The maximum atomic E-state index is 8.65. The van der Waals surface area contributed by atoms with Gasteiger partial charge in [0.15, 0.2) is 0 Å². The molecule has 0 amide bonds. The number of nitrogens with two attached hydrogens (primary N) is 1. The molecular formula is C63H59NO14Si10. The lowest BCUT2D eigenvalue weighted by molar-refractivity contribution is 0.0274. The maximum absolute atomic E-state index is 8.65. The van der Waals surface area contributed by atoms with Gasteiger partial charge >= 0.3 is 87.6 Å². The molecule has 0 spiro atoms. The van der Waals surface area contributed by atoms with Crippen molar-refractivity contribution in [2.75, 3.05) is 5.73 Å². The second kappa shape index (κ2) is 22.2. The van der Waals surface area contributed by atoms with Crippen LogP contribution in [0.15, 0.2) is 291 Å². The number of hydrogen-bond donors (Lipinski definition) is 1. The first-order chi connectivity index (χ1) is 42.7. The zero-order valence-electron chi connectivity index (χ0n) is 48.0. The highest BCUT2D eigenvalue weighted by molar-refractivity contribution is 7.14. The Labute approximate surface area is 521 Å². The molecule has 0 radical (unpaired) electrons. The lowest BCUT2D eigenvalue weighted by Crippen LogP contribution is -2.94. The fraction of sp³-hybridized carbons (Fsp3) is 0.0476. The standard InChI is InChI=1S/C63H59NO14Si10/c1-52-44-48-54(49-45-52)79(2)65-81(56-28-12-4-13-29-56)69-85(60-36-20-8-21-37-60)73-83(58-32-16-6-17-33-58)67-80(3,55-50-46-53(64)47-51-55)68-84(59-34-18-7-19-35-59)75-87(77-85,62-40-24-10-25-41-62)71-82(66-79,57-30-14-5-15-31-57)72-88(76-84,63-42-26-11-27-43-63)78-86(70-81,74-83)61-38-22-9-23-39-61/h4-51H,64H2,1-3H3. The molecule has 4 unspecified atom stereocenters. The van der Waals surface area contributed by atoms with Crippen LogP contribution in [0, 0.1) is 6.92 Å². The normalized spacial score (nSPS) is 32.6. The Morgan fingerprint density at radius 1 is 0.193 bits per heavy atom. The van der Waals surface area contributed by atoms with Crippen molar-refractivity contribution in [3.63, 3.8) is 0 Å². The predicted octanol–water partition coefficient (Wildman–Crippen LogP) is 4.90. The monoisotopic (exact) mass is 1330 g/mol. The number of fused-ring (bicyclic) bond motifs is 4. The fourth-order valence-electron chi connectivity index (χ4n) is 11.8. The number of nitrogen functional groups attached to an aromatic ring is 1. The summed E-state index contributed by atoms with van der Waals surface area (Å²) in [5, 5.41) is 5.32. The first kappa shape index (κ1) is 58.0. The van der Waals surface area contributed by atoms with Crippen LogP contribution in [0.25, 0.3) is 0 Å². The van der Waals surface area contributed by atoms with Crippen molar-refractivity contribution in [3.05, 3.63) is 297 Å². The largest absolute Gasteiger partial charge is 0.515 e. The molecule has 4 atom stereocenters. The molecule has 6 aliphatic rings. The van der Waals surface area contributed by atoms with Crippen molar-refractivity contribution < 1.29 is 57.6 Å². The van der Waals surface area contributed by atoms with Crippen LogP contribution in [-0.2, 0) is 57.6 Å². The van der Waals surface area contributed by atoms with E-state index in [0.29, 0.717) is 57.6 Å². The summed E-state index contributed by atoms with van der Waals surface area (Å²) < 4.78 is 120. The molecule has 10 aromatic rings. The molecule has 10 aromatic carbocycles. The summed E-state index contributed by atoms with van der Waals surface area (Å²) >= 11 is 0. The van der Waals surface area contributed by atoms with Gasteiger partial charge in [0.05, 0.1) is 0 Å². The van der Waals surface area contributed by atoms with Gasteiger partial charge in [-0.2, -0.15) is 0 Å². The maximum Gasteiger partial charge on any atom is 0.515 e. The van der Waals surface area contributed by atoms with Crippen LogP contribution in [0.5, 0.6) is 0 Å². The van der Waals surface area contributed by atoms with Gasteiger partial charge in [-0.1, -0.05) is 285 Å². The lowest BCUT2D eigenvalue weighted by Gasteiger charge is -2.60. The summed E-state index contributed by atoms with van der Waals surface area (Å²) in [5.74, 6) is 0. The molecule has 440 valence electrons. The van der Waals surface area contributed by atoms with Gasteiger partial charge in [0.25, 0.3) is 0 Å². The van der Waals surface area contributed by atoms with E-state index in [4.69, 9.17) is 63.3 Å². The van der Waals surface area contributed by atoms with Crippen molar-refractivity contribution in [1.29, 1.82) is 0 Å². The molecule has 6 aliphatic heterocycles. The van der Waals surface area contributed by atoms with Crippen LogP contribution in [0.1, 0.15) is 5.56 Å². The summed E-state index contributed by atoms with van der Waals surface area (Å²) in [6, 6.07) is 93.0. The number of benzene rings is 10. The van der Waals surface area contributed by atoms with Crippen LogP contribution in [0.2, 0.25) is 13.1 Å². The minimum Gasteiger partial charge on any atom is -0.399 e. The highest BCUT2D eigenvalue weighted by Crippen LogP contribution is 2.47. The number of rotatable bonds is 10. The predicted molar refractivity (Wildman–Crippen MR) is 354 cm³/mol. The van der Waals surface area contributed by atoms with Gasteiger partial charge in [-0.3, -0.25) is 0 Å². The average molecular weight is 1340 g/mol. The van der Waals surface area contributed by atoms with E-state index >= 15 is 0 Å². The number of aryl methyl sites for hydroxylation is 1. The lowest BCUT2D eigenvalue weighted by atomic mass is 10.2. The Balaban J connectivity index is 1.23. The van der Waals surface area contributed by atoms with Crippen molar-refractivity contribution in [1.82, 2.24) is 0 Å². The average Bonchev–Trinajstić information content (AvgIpc) is 0.711. The molecular weight excluding hydrogens is 1280 g/mol. The van der Waals surface area contributed by atoms with Gasteiger partial charge < -0.3 is 63.3 Å². The minimum absolute atomic E-state index is 0.477. The molecule has 0 aromatic heterocycles. The van der Waals surface area contributed by atoms with Gasteiger partial charge in [0.1, 0.15) is 0 Å². The second-order valence-corrected chi connectivity index (χ2v) is 52.1. The Bertz CT molecular complexity index is 3600. The van der Waals surface area contributed by atoms with E-state index in [0.717, 1.165) is 5.56 Å². The molecule has 88 heavy (non-hydrogen) atoms. The molecule has 0 saturated carbocycles. The third-order valence-corrected chi connectivity index (χ3v) is 59.2. The minimum atomic E-state index is -5.27. The SMILES string of the molecule is Cc1ccc([Si]2(C)O[Si]3(c4ccccc4)O[Si]4(c5ccccc5)O[Si]5(c6ccccc6)O[Si](C)(c6ccc(N)cc6)O[Si]6(c7ccccc7)O[Si](c7ccccc7)(O[Si](c7ccccc7)(O2)O[Si](c2ccccc2)(O6)O[Si](c2ccccc2)(O3)O5)O4)cc1. The number of hydrogen-bond acceptors (Lipinski definition) is 15. The highest BCUT2D eigenvalue weighted by atomic mass is 28.6. The first-order valence-electron chi connectivity index (χ1n) is 28.9. The third-order valence-electron chi connectivity index (χ3n) is 16.0. The fourth-order valence-corrected chi connectivity index (χ4v) is 67.8. The van der Waals surface area contributed by atoms with Gasteiger partial charge in [-0.25, -0.2) is 0 Å². The molecule has 6 heterocycles. The van der Waals surface area contributed by atoms with Gasteiger partial charge in [0, 0.05) is 47.2 Å². The Morgan fingerprint density at radius 3 is 0.534 bits per heavy atom. The second-order valence-electron chi connectivity index (χ2n) is 22.2. The van der Waals surface area contributed by atoms with E-state index in [9.17, 15) is 0 Å². The third kappa shape index (κ3) is 10.0. The van der Waals surface area contributed by atoms with Crippen molar-refractivity contribution in [3.8, 4) is 0 Å². The molecule has 6 fully saturated rings. The van der Waals surface area contributed by atoms with Gasteiger partial charge in [0.2, 0.25) is 0 Å². The van der Waals surface area contributed by atoms with E-state index in [2.05, 4.69) is 0 Å². The van der Waals surface area contributed by atoms with Crippen molar-refractivity contribution >= 4 is 145 Å². The van der Waals surface area contributed by atoms with Gasteiger partial charge in [-0.05, 0) is 42.5 Å². The van der Waals surface area contributed by atoms with Crippen LogP contribution < -0.4 is 57.6 Å². The van der Waals surface area contributed by atoms with Crippen LogP contribution in [-0.4, -0.2) is 87.6 Å². The summed E-state index contributed by atoms with van der Waals surface area (Å²) in [5.41, 5.74) is 8.15. The van der Waals surface area contributed by atoms with E-state index in [1.54, 1.807) is 0 Å². The van der Waals surface area contributed by atoms with Crippen molar-refractivity contribution in [2.24, 2.45) is 0 Å². The summed E-state index contributed by atoms with van der Waals surface area (Å²) in [6.07, 6.45) is 0. The Hall–Kier alpha value is -6.39. The van der Waals surface area contributed by atoms with E-state index in [1.807, 2.05) is 311 Å². The van der Waals surface area contributed by atoms with E-state index in [1.165, 1.54) is 0 Å². The van der Waals surface area contributed by atoms with E-state index in [-0.39, 0.29) is 0 Å². The summed E-state index contributed by atoms with van der Waals surface area (Å²) in [4.78, 5) is 0. The summed E-state index contributed by atoms with van der Waals surface area (Å²) in [6.45, 7) is 6.01. The molecule has 0 aliphatic carbocycles. The first-order valence-corrected chi connectivity index (χ1v) is 47.4. The van der Waals surface area contributed by atoms with Crippen LogP contribution in [0.3, 0.4) is 0 Å². The highest BCUT2D eigenvalue weighted by Gasteiger charge is 2.84. The van der Waals surface area contributed by atoms with Crippen molar-refractivity contribution in [2.45, 2.75) is 20.0 Å². The quantitative estimate of drug-likeness (QED) is 0.146. The van der Waals surface area contributed by atoms with E-state index < -0.39 is 87.6 Å². The zero-order valence-corrected chi connectivity index (χ0v) is 58.0. The summed E-state index contributed by atoms with van der Waals surface area (Å²) in [7, 11) is -50.4. The topological polar surface area (TPSA) is 155 Å². The molecule has 8 bridgehead atoms. The number of anilines is 1. The molecule has 25 heteroatoms. The Morgan fingerprint density at radius 2 is 0.352 bits per heavy atom. The van der Waals surface area contributed by atoms with Crippen LogP contribution >= 0.6 is 0 Å². The molecule has 2 N–H and O–H groups in total. The van der Waals surface area contributed by atoms with Gasteiger partial charge in [-0.15, -0.1) is 0 Å².